The van der Waals surface area contributed by atoms with Crippen LogP contribution in [-0.4, -0.2) is 14.5 Å². The van der Waals surface area contributed by atoms with E-state index in [1.54, 1.807) is 30.1 Å². The molecule has 0 N–H and O–H groups in total. The number of fused-ring (bicyclic) bond motifs is 1. The smallest absolute Gasteiger partial charge is 0.326 e. The highest BCUT2D eigenvalue weighted by molar-refractivity contribution is 7.10. The Morgan fingerprint density at radius 2 is 2.11 bits per heavy atom. The van der Waals surface area contributed by atoms with Crippen molar-refractivity contribution < 1.29 is 13.2 Å². The zero-order valence-electron chi connectivity index (χ0n) is 9.77. The van der Waals surface area contributed by atoms with Crippen molar-refractivity contribution in [3.8, 4) is 11.4 Å². The second-order valence-corrected chi connectivity index (χ2v) is 4.97. The number of aromatic nitrogens is 3. The van der Waals surface area contributed by atoms with E-state index in [1.807, 2.05) is 0 Å². The lowest BCUT2D eigenvalue weighted by Crippen LogP contribution is -2.00. The molecule has 0 fully saturated rings. The van der Waals surface area contributed by atoms with E-state index in [0.717, 1.165) is 11.6 Å². The Balaban J connectivity index is 2.14. The van der Waals surface area contributed by atoms with Gasteiger partial charge in [-0.05, 0) is 12.1 Å². The Morgan fingerprint density at radius 3 is 2.74 bits per heavy atom. The molecular weight excluding hydrogens is 275 g/mol. The molecule has 0 spiro atoms. The van der Waals surface area contributed by atoms with Crippen LogP contribution in [0.4, 0.5) is 13.2 Å². The van der Waals surface area contributed by atoms with Crippen molar-refractivity contribution in [2.24, 2.45) is 7.05 Å². The lowest BCUT2D eigenvalue weighted by atomic mass is 10.3. The molecule has 0 aliphatic carbocycles. The third kappa shape index (κ3) is 1.99. The zero-order chi connectivity index (χ0) is 13.6. The molecule has 3 aromatic rings. The molecule has 19 heavy (non-hydrogen) atoms. The van der Waals surface area contributed by atoms with Gasteiger partial charge in [0.05, 0.1) is 17.2 Å². The summed E-state index contributed by atoms with van der Waals surface area (Å²) in [4.78, 5) is 7.71. The number of nitrogens with zero attached hydrogens (tertiary/aromatic N) is 3. The van der Waals surface area contributed by atoms with Gasteiger partial charge in [0, 0.05) is 24.2 Å². The topological polar surface area (TPSA) is 30.7 Å². The van der Waals surface area contributed by atoms with Gasteiger partial charge in [-0.15, -0.1) is 11.3 Å². The van der Waals surface area contributed by atoms with Crippen LogP contribution in [-0.2, 0) is 13.2 Å². The Kier molecular flexibility index (Phi) is 2.60. The fourth-order valence-electron chi connectivity index (χ4n) is 1.90. The molecule has 3 aromatic heterocycles. The standard InChI is InChI=1S/C12H8F3N3S/c1-18-9-5-16-3-2-8(9)17-11(18)7-4-10(19-6-7)12(13,14)15/h2-6H,1H3. The Labute approximate surface area is 110 Å². The molecule has 3 rings (SSSR count). The van der Waals surface area contributed by atoms with E-state index in [2.05, 4.69) is 9.97 Å². The number of halogens is 3. The number of thiophene rings is 1. The predicted octanol–water partition coefficient (Wildman–Crippen LogP) is 3.72. The number of hydrogen-bond donors (Lipinski definition) is 0. The van der Waals surface area contributed by atoms with Gasteiger partial charge in [0.25, 0.3) is 0 Å². The summed E-state index contributed by atoms with van der Waals surface area (Å²) >= 11 is 0.676. The molecule has 0 aromatic carbocycles. The van der Waals surface area contributed by atoms with Gasteiger partial charge < -0.3 is 4.57 Å². The van der Waals surface area contributed by atoms with E-state index < -0.39 is 11.1 Å². The predicted molar refractivity (Wildman–Crippen MR) is 66.8 cm³/mol. The molecule has 7 heteroatoms. The van der Waals surface area contributed by atoms with Crippen LogP contribution in [0.5, 0.6) is 0 Å². The van der Waals surface area contributed by atoms with Crippen LogP contribution < -0.4 is 0 Å². The number of pyridine rings is 1. The maximum atomic E-state index is 12.6. The summed E-state index contributed by atoms with van der Waals surface area (Å²) in [5, 5.41) is 1.47. The molecule has 0 saturated carbocycles. The third-order valence-electron chi connectivity index (χ3n) is 2.82. The highest BCUT2D eigenvalue weighted by Crippen LogP contribution is 2.37. The van der Waals surface area contributed by atoms with Crippen LogP contribution in [0.2, 0.25) is 0 Å². The van der Waals surface area contributed by atoms with Gasteiger partial charge in [-0.2, -0.15) is 13.2 Å². The fraction of sp³-hybridized carbons (Fsp3) is 0.167. The molecule has 0 bridgehead atoms. The summed E-state index contributed by atoms with van der Waals surface area (Å²) in [5.41, 5.74) is 1.97. The Hall–Kier alpha value is -1.89. The highest BCUT2D eigenvalue weighted by atomic mass is 32.1. The molecule has 0 atom stereocenters. The van der Waals surface area contributed by atoms with Crippen LogP contribution in [0.15, 0.2) is 29.9 Å². The normalized spacial score (nSPS) is 12.2. The van der Waals surface area contributed by atoms with Crippen molar-refractivity contribution in [3.05, 3.63) is 34.8 Å². The second-order valence-electron chi connectivity index (χ2n) is 4.06. The number of hydrogen-bond acceptors (Lipinski definition) is 3. The summed E-state index contributed by atoms with van der Waals surface area (Å²) in [6, 6.07) is 2.86. The lowest BCUT2D eigenvalue weighted by molar-refractivity contribution is -0.134. The van der Waals surface area contributed by atoms with Crippen molar-refractivity contribution in [1.29, 1.82) is 0 Å². The van der Waals surface area contributed by atoms with E-state index in [9.17, 15) is 13.2 Å². The Morgan fingerprint density at radius 1 is 1.32 bits per heavy atom. The van der Waals surface area contributed by atoms with Gasteiger partial charge in [-0.3, -0.25) is 4.98 Å². The van der Waals surface area contributed by atoms with Crippen molar-refractivity contribution in [2.75, 3.05) is 0 Å². The molecule has 98 valence electrons. The van der Waals surface area contributed by atoms with Gasteiger partial charge in [0.15, 0.2) is 0 Å². The van der Waals surface area contributed by atoms with E-state index in [1.165, 1.54) is 5.38 Å². The van der Waals surface area contributed by atoms with Gasteiger partial charge in [0.1, 0.15) is 10.7 Å². The monoisotopic (exact) mass is 283 g/mol. The molecule has 0 unspecified atom stereocenters. The number of imidazole rings is 1. The minimum Gasteiger partial charge on any atom is -0.326 e. The number of aryl methyl sites for hydroxylation is 1. The summed E-state index contributed by atoms with van der Waals surface area (Å²) < 4.78 is 39.5. The molecule has 0 aliphatic rings. The Bertz CT molecular complexity index is 742. The maximum Gasteiger partial charge on any atom is 0.425 e. The summed E-state index contributed by atoms with van der Waals surface area (Å²) in [6.07, 6.45) is -1.06. The molecule has 0 amide bonds. The van der Waals surface area contributed by atoms with Crippen molar-refractivity contribution >= 4 is 22.4 Å². The van der Waals surface area contributed by atoms with Crippen LogP contribution in [0.25, 0.3) is 22.4 Å². The maximum absolute atomic E-state index is 12.6. The highest BCUT2D eigenvalue weighted by Gasteiger charge is 2.32. The van der Waals surface area contributed by atoms with Crippen LogP contribution in [0, 0.1) is 0 Å². The average Bonchev–Trinajstić information content (AvgIpc) is 2.94. The first-order valence-corrected chi connectivity index (χ1v) is 6.27. The second kappa shape index (κ2) is 4.06. The molecule has 0 radical (unpaired) electrons. The van der Waals surface area contributed by atoms with E-state index in [4.69, 9.17) is 0 Å². The number of alkyl halides is 3. The first-order chi connectivity index (χ1) is 8.97. The molecule has 3 heterocycles. The number of rotatable bonds is 1. The zero-order valence-corrected chi connectivity index (χ0v) is 10.6. The average molecular weight is 283 g/mol. The largest absolute Gasteiger partial charge is 0.425 e. The molecular formula is C12H8F3N3S. The third-order valence-corrected chi connectivity index (χ3v) is 3.80. The van der Waals surface area contributed by atoms with Gasteiger partial charge in [-0.25, -0.2) is 4.98 Å². The van der Waals surface area contributed by atoms with Crippen molar-refractivity contribution in [3.63, 3.8) is 0 Å². The SMILES string of the molecule is Cn1c(-c2csc(C(F)(F)F)c2)nc2ccncc21. The summed E-state index contributed by atoms with van der Waals surface area (Å²) in [7, 11) is 1.76. The van der Waals surface area contributed by atoms with E-state index in [-0.39, 0.29) is 0 Å². The minimum absolute atomic E-state index is 0.469. The summed E-state index contributed by atoms with van der Waals surface area (Å²) in [5.74, 6) is 0.509. The lowest BCUT2D eigenvalue weighted by Gasteiger charge is -2.01. The van der Waals surface area contributed by atoms with E-state index >= 15 is 0 Å². The van der Waals surface area contributed by atoms with Gasteiger partial charge >= 0.3 is 6.18 Å². The molecule has 0 saturated heterocycles. The molecule has 3 nitrogen and oxygen atoms in total. The van der Waals surface area contributed by atoms with Crippen molar-refractivity contribution in [1.82, 2.24) is 14.5 Å². The summed E-state index contributed by atoms with van der Waals surface area (Å²) in [6.45, 7) is 0. The van der Waals surface area contributed by atoms with E-state index in [0.29, 0.717) is 28.2 Å². The van der Waals surface area contributed by atoms with Gasteiger partial charge in [0.2, 0.25) is 0 Å². The van der Waals surface area contributed by atoms with Gasteiger partial charge in [-0.1, -0.05) is 0 Å². The minimum atomic E-state index is -4.31. The van der Waals surface area contributed by atoms with Crippen LogP contribution in [0.3, 0.4) is 0 Å². The first-order valence-electron chi connectivity index (χ1n) is 5.39. The fourth-order valence-corrected chi connectivity index (χ4v) is 2.65. The van der Waals surface area contributed by atoms with Crippen LogP contribution in [0.1, 0.15) is 4.88 Å². The van der Waals surface area contributed by atoms with Crippen molar-refractivity contribution in [2.45, 2.75) is 6.18 Å². The molecule has 0 aliphatic heterocycles. The first kappa shape index (κ1) is 12.2. The van der Waals surface area contributed by atoms with Crippen LogP contribution >= 0.6 is 11.3 Å². The quantitative estimate of drug-likeness (QED) is 0.681.